The van der Waals surface area contributed by atoms with Crippen molar-refractivity contribution in [1.82, 2.24) is 10.2 Å². The zero-order valence-corrected chi connectivity index (χ0v) is 14.7. The highest BCUT2D eigenvalue weighted by Crippen LogP contribution is 2.27. The quantitative estimate of drug-likeness (QED) is 0.901. The van der Waals surface area contributed by atoms with Gasteiger partial charge in [-0.25, -0.2) is 4.79 Å². The van der Waals surface area contributed by atoms with Crippen molar-refractivity contribution in [2.75, 3.05) is 19.6 Å². The topological polar surface area (TPSA) is 65.4 Å². The number of hydrogen-bond donors (Lipinski definition) is 1. The van der Waals surface area contributed by atoms with E-state index >= 15 is 0 Å². The minimum absolute atomic E-state index is 0.234. The molecule has 0 spiro atoms. The maximum Gasteiger partial charge on any atom is 0.410 e. The van der Waals surface area contributed by atoms with Gasteiger partial charge in [0.1, 0.15) is 6.61 Å². The van der Waals surface area contributed by atoms with E-state index in [-0.39, 0.29) is 19.1 Å². The molecule has 1 fully saturated rings. The highest BCUT2D eigenvalue weighted by Gasteiger charge is 2.42. The first-order valence-electron chi connectivity index (χ1n) is 8.83. The molecule has 1 atom stereocenters. The van der Waals surface area contributed by atoms with Gasteiger partial charge in [-0.15, -0.1) is 0 Å². The van der Waals surface area contributed by atoms with E-state index in [0.29, 0.717) is 26.1 Å². The molecule has 0 aliphatic carbocycles. The molecule has 0 radical (unpaired) electrons. The summed E-state index contributed by atoms with van der Waals surface area (Å²) in [4.78, 5) is 14.6. The molecule has 0 aromatic heterocycles. The first-order valence-corrected chi connectivity index (χ1v) is 8.83. The normalized spacial score (nSPS) is 19.6. The van der Waals surface area contributed by atoms with Crippen LogP contribution in [-0.4, -0.2) is 36.2 Å². The van der Waals surface area contributed by atoms with E-state index in [1.807, 2.05) is 60.7 Å². The van der Waals surface area contributed by atoms with Crippen LogP contribution in [0.2, 0.25) is 0 Å². The van der Waals surface area contributed by atoms with Crippen molar-refractivity contribution in [1.29, 1.82) is 5.26 Å². The van der Waals surface area contributed by atoms with Crippen LogP contribution in [0.1, 0.15) is 17.5 Å². The summed E-state index contributed by atoms with van der Waals surface area (Å²) in [5, 5.41) is 12.8. The van der Waals surface area contributed by atoms with E-state index in [1.165, 1.54) is 0 Å². The average molecular weight is 349 g/mol. The predicted molar refractivity (Wildman–Crippen MR) is 99.3 cm³/mol. The fourth-order valence-corrected chi connectivity index (χ4v) is 3.43. The monoisotopic (exact) mass is 349 g/mol. The number of nitriles is 1. The Labute approximate surface area is 154 Å². The van der Waals surface area contributed by atoms with Gasteiger partial charge in [0.05, 0.1) is 18.0 Å². The molecular formula is C21H23N3O2. The van der Waals surface area contributed by atoms with E-state index in [4.69, 9.17) is 4.74 Å². The van der Waals surface area contributed by atoms with Crippen LogP contribution in [0.3, 0.4) is 0 Å². The number of ether oxygens (including phenoxy) is 1. The van der Waals surface area contributed by atoms with Gasteiger partial charge < -0.3 is 10.1 Å². The van der Waals surface area contributed by atoms with Crippen molar-refractivity contribution in [2.45, 2.75) is 25.0 Å². The van der Waals surface area contributed by atoms with Crippen LogP contribution in [0.15, 0.2) is 60.7 Å². The van der Waals surface area contributed by atoms with Crippen LogP contribution in [0.4, 0.5) is 4.79 Å². The summed E-state index contributed by atoms with van der Waals surface area (Å²) in [5.41, 5.74) is 1.46. The van der Waals surface area contributed by atoms with Gasteiger partial charge in [0.2, 0.25) is 0 Å². The van der Waals surface area contributed by atoms with Crippen LogP contribution >= 0.6 is 0 Å². The van der Waals surface area contributed by atoms with Crippen molar-refractivity contribution in [3.8, 4) is 6.07 Å². The molecule has 5 nitrogen and oxygen atoms in total. The first kappa shape index (κ1) is 18.0. The predicted octanol–water partition coefficient (Wildman–Crippen LogP) is 3.12. The summed E-state index contributed by atoms with van der Waals surface area (Å²) in [5.74, 6) is 0. The highest BCUT2D eigenvalue weighted by molar-refractivity contribution is 5.69. The second kappa shape index (κ2) is 8.50. The van der Waals surface area contributed by atoms with Crippen molar-refractivity contribution in [3.05, 3.63) is 71.8 Å². The van der Waals surface area contributed by atoms with Crippen molar-refractivity contribution < 1.29 is 9.53 Å². The molecule has 0 bridgehead atoms. The molecular weight excluding hydrogens is 326 g/mol. The van der Waals surface area contributed by atoms with Gasteiger partial charge in [-0.2, -0.15) is 5.26 Å². The third kappa shape index (κ3) is 4.22. The van der Waals surface area contributed by atoms with Gasteiger partial charge in [-0.1, -0.05) is 60.7 Å². The number of carbonyl (C=O) groups is 1. The zero-order chi connectivity index (χ0) is 18.2. The molecule has 1 amide bonds. The molecule has 26 heavy (non-hydrogen) atoms. The second-order valence-electron chi connectivity index (χ2n) is 6.59. The Morgan fingerprint density at radius 2 is 1.77 bits per heavy atom. The van der Waals surface area contributed by atoms with Gasteiger partial charge in [-0.05, 0) is 17.5 Å². The molecule has 0 saturated carbocycles. The minimum Gasteiger partial charge on any atom is -0.445 e. The van der Waals surface area contributed by atoms with Gasteiger partial charge in [0.25, 0.3) is 0 Å². The van der Waals surface area contributed by atoms with Crippen LogP contribution < -0.4 is 5.32 Å². The molecule has 2 aromatic carbocycles. The third-order valence-electron chi connectivity index (χ3n) is 4.75. The summed E-state index contributed by atoms with van der Waals surface area (Å²) in [6, 6.07) is 21.9. The molecule has 2 aromatic rings. The Morgan fingerprint density at radius 3 is 2.42 bits per heavy atom. The van der Waals surface area contributed by atoms with E-state index in [2.05, 4.69) is 11.4 Å². The Hall–Kier alpha value is -2.84. The van der Waals surface area contributed by atoms with Gasteiger partial charge in [-0.3, -0.25) is 4.90 Å². The van der Waals surface area contributed by atoms with Crippen molar-refractivity contribution in [3.63, 3.8) is 0 Å². The summed E-state index contributed by atoms with van der Waals surface area (Å²) in [6.45, 7) is 2.04. The fraction of sp³-hybridized carbons (Fsp3) is 0.333. The van der Waals surface area contributed by atoms with Crippen LogP contribution in [0.25, 0.3) is 0 Å². The fourth-order valence-electron chi connectivity index (χ4n) is 3.43. The molecule has 1 heterocycles. The van der Waals surface area contributed by atoms with E-state index in [9.17, 15) is 10.1 Å². The molecule has 134 valence electrons. The van der Waals surface area contributed by atoms with Gasteiger partial charge >= 0.3 is 6.09 Å². The largest absolute Gasteiger partial charge is 0.445 e. The molecule has 1 aliphatic heterocycles. The average Bonchev–Trinajstić information content (AvgIpc) is 2.68. The summed E-state index contributed by atoms with van der Waals surface area (Å²) in [6.07, 6.45) is 0.519. The Bertz CT molecular complexity index is 758. The molecule has 3 rings (SSSR count). The molecule has 1 N–H and O–H groups in total. The molecule has 0 unspecified atom stereocenters. The number of nitrogens with zero attached hydrogens (tertiary/aromatic N) is 2. The number of hydrogen-bond acceptors (Lipinski definition) is 4. The molecule has 5 heteroatoms. The number of benzene rings is 2. The SMILES string of the molecule is N#CC[C@@]1(Cc2ccccc2)CNCCN1C(=O)OCc1ccccc1. The third-order valence-corrected chi connectivity index (χ3v) is 4.75. The summed E-state index contributed by atoms with van der Waals surface area (Å²) in [7, 11) is 0. The number of rotatable bonds is 5. The van der Waals surface area contributed by atoms with E-state index in [1.54, 1.807) is 4.90 Å². The number of nitrogens with one attached hydrogen (secondary N) is 1. The lowest BCUT2D eigenvalue weighted by Gasteiger charge is -2.45. The zero-order valence-electron chi connectivity index (χ0n) is 14.7. The minimum atomic E-state index is -0.595. The van der Waals surface area contributed by atoms with Crippen LogP contribution in [0, 0.1) is 11.3 Å². The van der Waals surface area contributed by atoms with Crippen LogP contribution in [0.5, 0.6) is 0 Å². The number of piperazine rings is 1. The lowest BCUT2D eigenvalue weighted by molar-refractivity contribution is 0.0324. The Kier molecular flexibility index (Phi) is 5.88. The second-order valence-corrected chi connectivity index (χ2v) is 6.59. The van der Waals surface area contributed by atoms with Gasteiger partial charge in [0, 0.05) is 19.6 Å². The highest BCUT2D eigenvalue weighted by atomic mass is 16.6. The molecule has 1 aliphatic rings. The van der Waals surface area contributed by atoms with Crippen LogP contribution in [-0.2, 0) is 17.8 Å². The van der Waals surface area contributed by atoms with Crippen molar-refractivity contribution in [2.24, 2.45) is 0 Å². The lowest BCUT2D eigenvalue weighted by Crippen LogP contribution is -2.64. The first-order chi connectivity index (χ1) is 12.7. The maximum atomic E-state index is 12.8. The van der Waals surface area contributed by atoms with E-state index < -0.39 is 5.54 Å². The van der Waals surface area contributed by atoms with E-state index in [0.717, 1.165) is 11.1 Å². The summed E-state index contributed by atoms with van der Waals surface area (Å²) < 4.78 is 5.56. The lowest BCUT2D eigenvalue weighted by atomic mass is 9.84. The van der Waals surface area contributed by atoms with Gasteiger partial charge in [0.15, 0.2) is 0 Å². The Morgan fingerprint density at radius 1 is 1.12 bits per heavy atom. The smallest absolute Gasteiger partial charge is 0.410 e. The standard InChI is InChI=1S/C21H23N3O2/c22-12-11-21(15-18-7-3-1-4-8-18)17-23-13-14-24(21)20(25)26-16-19-9-5-2-6-10-19/h1-10,23H,11,13-17H2/t21-/m1/s1. The number of carbonyl (C=O) groups excluding carboxylic acids is 1. The number of amides is 1. The maximum absolute atomic E-state index is 12.8. The molecule has 1 saturated heterocycles. The Balaban J connectivity index is 1.77. The summed E-state index contributed by atoms with van der Waals surface area (Å²) >= 11 is 0. The van der Waals surface area contributed by atoms with Crippen molar-refractivity contribution >= 4 is 6.09 Å².